The van der Waals surface area contributed by atoms with Crippen LogP contribution < -0.4 is 14.8 Å². The molecule has 4 aromatic carbocycles. The average molecular weight is 602 g/mol. The molecule has 1 amide bonds. The van der Waals surface area contributed by atoms with Gasteiger partial charge in [-0.1, -0.05) is 54.6 Å². The Morgan fingerprint density at radius 2 is 1.69 bits per heavy atom. The maximum absolute atomic E-state index is 15.2. The third-order valence-corrected chi connectivity index (χ3v) is 9.14. The van der Waals surface area contributed by atoms with Gasteiger partial charge in [0.2, 0.25) is 5.91 Å². The molecular formula is C35H27N3O7. The largest absolute Gasteiger partial charge is 0.497 e. The normalized spacial score (nSPS) is 22.3. The molecule has 1 N–H and O–H groups in total. The molecule has 3 aliphatic rings. The molecule has 224 valence electrons. The highest BCUT2D eigenvalue weighted by Crippen LogP contribution is 2.62. The predicted octanol–water partition coefficient (Wildman–Crippen LogP) is 5.59. The first-order chi connectivity index (χ1) is 21.8. The highest BCUT2D eigenvalue weighted by Gasteiger charge is 2.71. The van der Waals surface area contributed by atoms with E-state index in [4.69, 9.17) is 9.47 Å². The molecular weight excluding hydrogens is 574 g/mol. The second kappa shape index (κ2) is 10.4. The zero-order valence-electron chi connectivity index (χ0n) is 24.3. The highest BCUT2D eigenvalue weighted by atomic mass is 16.6. The summed E-state index contributed by atoms with van der Waals surface area (Å²) in [5.74, 6) is -2.08. The van der Waals surface area contributed by atoms with Crippen molar-refractivity contribution in [2.45, 2.75) is 17.5 Å². The molecule has 0 unspecified atom stereocenters. The number of hydrogen-bond donors (Lipinski definition) is 1. The molecule has 1 fully saturated rings. The fraction of sp³-hybridized carbons (Fsp3) is 0.171. The first-order valence-corrected chi connectivity index (χ1v) is 14.3. The van der Waals surface area contributed by atoms with Crippen molar-refractivity contribution in [1.82, 2.24) is 4.90 Å². The van der Waals surface area contributed by atoms with E-state index in [1.165, 1.54) is 38.5 Å². The number of benzene rings is 4. The van der Waals surface area contributed by atoms with E-state index in [0.29, 0.717) is 17.0 Å². The fourth-order valence-electron chi connectivity index (χ4n) is 7.29. The third kappa shape index (κ3) is 3.98. The summed E-state index contributed by atoms with van der Waals surface area (Å²) in [7, 11) is 2.92. The molecule has 3 aliphatic heterocycles. The van der Waals surface area contributed by atoms with Crippen LogP contribution in [0, 0.1) is 16.0 Å². The van der Waals surface area contributed by atoms with Crippen molar-refractivity contribution >= 4 is 34.9 Å². The number of ketones is 2. The number of amides is 1. The van der Waals surface area contributed by atoms with Gasteiger partial charge in [-0.2, -0.15) is 0 Å². The quantitative estimate of drug-likeness (QED) is 0.165. The SMILES string of the molecule is COc1ccc(OC)c(C(=O)[C@@H]2[C@H](C(=O)c3cccc([N+](=O)[O-])c3)N3C=Cc4ccccc4[C@H]3[C@@]23C(=O)Nc2ccccc23)c1. The lowest BCUT2D eigenvalue weighted by molar-refractivity contribution is -0.384. The number of Topliss-reactive ketones (excluding diaryl/α,β-unsaturated/α-hetero) is 2. The molecule has 4 atom stereocenters. The van der Waals surface area contributed by atoms with Crippen LogP contribution in [0.5, 0.6) is 11.5 Å². The average Bonchev–Trinajstić information content (AvgIpc) is 3.55. The minimum atomic E-state index is -1.57. The molecule has 45 heavy (non-hydrogen) atoms. The van der Waals surface area contributed by atoms with Gasteiger partial charge in [0.15, 0.2) is 11.6 Å². The molecule has 10 nitrogen and oxygen atoms in total. The number of nitrogens with zero attached hydrogens (tertiary/aromatic N) is 2. The van der Waals surface area contributed by atoms with E-state index in [1.54, 1.807) is 47.5 Å². The van der Waals surface area contributed by atoms with Crippen LogP contribution in [-0.4, -0.2) is 47.6 Å². The van der Waals surface area contributed by atoms with E-state index in [1.807, 2.05) is 36.4 Å². The van der Waals surface area contributed by atoms with Crippen LogP contribution in [0.25, 0.3) is 6.08 Å². The van der Waals surface area contributed by atoms with E-state index in [0.717, 1.165) is 11.1 Å². The van der Waals surface area contributed by atoms with Crippen molar-refractivity contribution in [3.8, 4) is 11.5 Å². The van der Waals surface area contributed by atoms with Gasteiger partial charge in [0, 0.05) is 29.6 Å². The summed E-state index contributed by atoms with van der Waals surface area (Å²) in [5.41, 5.74) is 1.14. The van der Waals surface area contributed by atoms with Gasteiger partial charge in [-0.05, 0) is 47.0 Å². The first kappa shape index (κ1) is 28.0. The van der Waals surface area contributed by atoms with Gasteiger partial charge in [0.25, 0.3) is 5.69 Å². The Morgan fingerprint density at radius 3 is 2.47 bits per heavy atom. The number of nitrogens with one attached hydrogen (secondary N) is 1. The van der Waals surface area contributed by atoms with Crippen molar-refractivity contribution in [1.29, 1.82) is 0 Å². The zero-order valence-corrected chi connectivity index (χ0v) is 24.3. The smallest absolute Gasteiger partial charge is 0.270 e. The minimum Gasteiger partial charge on any atom is -0.497 e. The number of fused-ring (bicyclic) bond motifs is 6. The maximum atomic E-state index is 15.2. The Kier molecular flexibility index (Phi) is 6.50. The van der Waals surface area contributed by atoms with E-state index < -0.39 is 45.8 Å². The number of non-ortho nitro benzene ring substituents is 1. The molecule has 0 saturated carbocycles. The van der Waals surface area contributed by atoms with Crippen LogP contribution in [0.3, 0.4) is 0 Å². The summed E-state index contributed by atoms with van der Waals surface area (Å²) >= 11 is 0. The number of para-hydroxylation sites is 1. The number of methoxy groups -OCH3 is 2. The summed E-state index contributed by atoms with van der Waals surface area (Å²) < 4.78 is 11.0. The Morgan fingerprint density at radius 1 is 0.911 bits per heavy atom. The molecule has 0 radical (unpaired) electrons. The lowest BCUT2D eigenvalue weighted by atomic mass is 9.62. The van der Waals surface area contributed by atoms with Gasteiger partial charge in [-0.3, -0.25) is 24.5 Å². The van der Waals surface area contributed by atoms with Crippen molar-refractivity contribution in [3.05, 3.63) is 135 Å². The van der Waals surface area contributed by atoms with E-state index in [9.17, 15) is 19.7 Å². The summed E-state index contributed by atoms with van der Waals surface area (Å²) in [6.45, 7) is 0. The molecule has 10 heteroatoms. The first-order valence-electron chi connectivity index (χ1n) is 14.3. The zero-order chi connectivity index (χ0) is 31.5. The lowest BCUT2D eigenvalue weighted by Crippen LogP contribution is -2.49. The summed E-state index contributed by atoms with van der Waals surface area (Å²) in [6.07, 6.45) is 3.60. The molecule has 0 bridgehead atoms. The highest BCUT2D eigenvalue weighted by molar-refractivity contribution is 6.17. The van der Waals surface area contributed by atoms with Crippen LogP contribution in [0.15, 0.2) is 97.2 Å². The number of hydrogen-bond acceptors (Lipinski definition) is 8. The number of carbonyl (C=O) groups is 3. The third-order valence-electron chi connectivity index (χ3n) is 9.14. The number of nitro groups is 1. The van der Waals surface area contributed by atoms with E-state index >= 15 is 4.79 Å². The van der Waals surface area contributed by atoms with Gasteiger partial charge < -0.3 is 19.7 Å². The van der Waals surface area contributed by atoms with Crippen molar-refractivity contribution < 1.29 is 28.8 Å². The van der Waals surface area contributed by atoms with E-state index in [-0.39, 0.29) is 22.6 Å². The lowest BCUT2D eigenvalue weighted by Gasteiger charge is -2.38. The summed E-state index contributed by atoms with van der Waals surface area (Å²) in [6, 6.07) is 23.0. The number of nitro benzene ring substituents is 1. The Hall–Kier alpha value is -5.77. The number of anilines is 1. The second-order valence-electron chi connectivity index (χ2n) is 11.2. The standard InChI is InChI=1S/C35H27N3O7/c1-44-23-14-15-28(45-2)25(19-23)32(40)29-30(31(39)21-9-7-10-22(18-21)38(42)43)37-17-16-20-8-3-4-11-24(20)33(37)35(29)26-12-5-6-13-27(26)36-34(35)41/h3-19,29-30,33H,1-2H3,(H,36,41)/t29-,30+,33-,35-/m0/s1. The van der Waals surface area contributed by atoms with E-state index in [2.05, 4.69) is 5.32 Å². The Balaban J connectivity index is 1.55. The topological polar surface area (TPSA) is 128 Å². The molecule has 0 aliphatic carbocycles. The Bertz CT molecular complexity index is 1950. The maximum Gasteiger partial charge on any atom is 0.270 e. The number of carbonyl (C=O) groups excluding carboxylic acids is 3. The van der Waals surface area contributed by atoms with Gasteiger partial charge in [-0.15, -0.1) is 0 Å². The molecule has 7 rings (SSSR count). The minimum absolute atomic E-state index is 0.0550. The Labute approximate surface area is 258 Å². The molecule has 4 aromatic rings. The second-order valence-corrected chi connectivity index (χ2v) is 11.2. The fourth-order valence-corrected chi connectivity index (χ4v) is 7.29. The summed E-state index contributed by atoms with van der Waals surface area (Å²) in [5, 5.41) is 14.7. The van der Waals surface area contributed by atoms with Crippen LogP contribution in [0.4, 0.5) is 11.4 Å². The molecule has 1 saturated heterocycles. The number of ether oxygens (including phenoxy) is 2. The number of rotatable bonds is 7. The van der Waals surface area contributed by atoms with Crippen molar-refractivity contribution in [2.75, 3.05) is 19.5 Å². The monoisotopic (exact) mass is 601 g/mol. The summed E-state index contributed by atoms with van der Waals surface area (Å²) in [4.78, 5) is 57.4. The van der Waals surface area contributed by atoms with Crippen LogP contribution in [0.2, 0.25) is 0 Å². The van der Waals surface area contributed by atoms with Gasteiger partial charge >= 0.3 is 0 Å². The molecule has 0 aromatic heterocycles. The van der Waals surface area contributed by atoms with Crippen LogP contribution in [0.1, 0.15) is 43.4 Å². The van der Waals surface area contributed by atoms with Gasteiger partial charge in [0.05, 0.1) is 36.7 Å². The van der Waals surface area contributed by atoms with Crippen LogP contribution in [-0.2, 0) is 10.2 Å². The van der Waals surface area contributed by atoms with Gasteiger partial charge in [-0.25, -0.2) is 0 Å². The molecule has 3 heterocycles. The molecule has 1 spiro atoms. The van der Waals surface area contributed by atoms with Gasteiger partial charge in [0.1, 0.15) is 23.0 Å². The van der Waals surface area contributed by atoms with Crippen LogP contribution >= 0.6 is 0 Å². The van der Waals surface area contributed by atoms with Crippen molar-refractivity contribution in [2.24, 2.45) is 5.92 Å². The van der Waals surface area contributed by atoms with Crippen molar-refractivity contribution in [3.63, 3.8) is 0 Å². The predicted molar refractivity (Wildman–Crippen MR) is 165 cm³/mol.